The minimum absolute atomic E-state index is 0.0709. The molecule has 2 atom stereocenters. The van der Waals surface area contributed by atoms with Crippen molar-refractivity contribution in [2.24, 2.45) is 0 Å². The molecule has 1 heterocycles. The van der Waals surface area contributed by atoms with Gasteiger partial charge >= 0.3 is 6.03 Å². The van der Waals surface area contributed by atoms with Gasteiger partial charge in [0.1, 0.15) is 5.75 Å². The van der Waals surface area contributed by atoms with Crippen LogP contribution in [0.3, 0.4) is 0 Å². The Kier molecular flexibility index (Phi) is 6.95. The van der Waals surface area contributed by atoms with Crippen LogP contribution in [0.1, 0.15) is 12.5 Å². The summed E-state index contributed by atoms with van der Waals surface area (Å²) in [6.07, 6.45) is 3.16. The molecule has 0 unspecified atom stereocenters. The van der Waals surface area contributed by atoms with Crippen LogP contribution in [-0.2, 0) is 16.0 Å². The van der Waals surface area contributed by atoms with Gasteiger partial charge in [-0.2, -0.15) is 0 Å². The highest BCUT2D eigenvalue weighted by atomic mass is 16.3. The van der Waals surface area contributed by atoms with Crippen LogP contribution in [0, 0.1) is 0 Å². The fraction of sp³-hybridized carbons (Fsp3) is 0.421. The summed E-state index contributed by atoms with van der Waals surface area (Å²) in [7, 11) is 3.87. The molecule has 0 saturated carbocycles. The third-order valence-electron chi connectivity index (χ3n) is 4.37. The second-order valence-electron chi connectivity index (χ2n) is 6.86. The van der Waals surface area contributed by atoms with E-state index >= 15 is 0 Å². The lowest BCUT2D eigenvalue weighted by molar-refractivity contribution is -0.137. The van der Waals surface area contributed by atoms with Crippen molar-refractivity contribution in [3.05, 3.63) is 42.0 Å². The first kappa shape index (κ1) is 20.4. The van der Waals surface area contributed by atoms with Gasteiger partial charge in [0, 0.05) is 37.3 Å². The number of urea groups is 1. The van der Waals surface area contributed by atoms with Gasteiger partial charge in [-0.05, 0) is 45.1 Å². The Labute approximate surface area is 158 Å². The Morgan fingerprint density at radius 2 is 1.74 bits per heavy atom. The van der Waals surface area contributed by atoms with E-state index in [1.54, 1.807) is 19.1 Å². The summed E-state index contributed by atoms with van der Waals surface area (Å²) in [6, 6.07) is 6.33. The van der Waals surface area contributed by atoms with Crippen LogP contribution in [0.25, 0.3) is 0 Å². The second kappa shape index (κ2) is 9.18. The number of imide groups is 1. The maximum Gasteiger partial charge on any atom is 0.315 e. The summed E-state index contributed by atoms with van der Waals surface area (Å²) in [6.45, 7) is 2.29. The second-order valence-corrected chi connectivity index (χ2v) is 6.86. The van der Waals surface area contributed by atoms with Crippen molar-refractivity contribution in [3.63, 3.8) is 0 Å². The van der Waals surface area contributed by atoms with Gasteiger partial charge in [-0.25, -0.2) is 4.79 Å². The van der Waals surface area contributed by atoms with Crippen LogP contribution in [0.5, 0.6) is 5.75 Å². The van der Waals surface area contributed by atoms with Gasteiger partial charge in [-0.15, -0.1) is 0 Å². The molecule has 8 heteroatoms. The van der Waals surface area contributed by atoms with Gasteiger partial charge in [0.15, 0.2) is 0 Å². The summed E-state index contributed by atoms with van der Waals surface area (Å²) in [5, 5.41) is 14.9. The van der Waals surface area contributed by atoms with Crippen molar-refractivity contribution >= 4 is 17.8 Å². The van der Waals surface area contributed by atoms with E-state index in [-0.39, 0.29) is 42.2 Å². The molecule has 2 rings (SSSR count). The van der Waals surface area contributed by atoms with Crippen LogP contribution in [0.4, 0.5) is 4.79 Å². The average molecular weight is 374 g/mol. The molecule has 1 aromatic rings. The highest BCUT2D eigenvalue weighted by molar-refractivity contribution is 6.12. The monoisotopic (exact) mass is 374 g/mol. The minimum Gasteiger partial charge on any atom is -0.508 e. The Morgan fingerprint density at radius 3 is 2.30 bits per heavy atom. The third-order valence-corrected chi connectivity index (χ3v) is 4.37. The molecule has 0 fully saturated rings. The number of benzene rings is 1. The van der Waals surface area contributed by atoms with Crippen LogP contribution in [0.15, 0.2) is 36.4 Å². The first-order valence-electron chi connectivity index (χ1n) is 8.78. The molecule has 8 nitrogen and oxygen atoms in total. The number of hydrogen-bond donors (Lipinski definition) is 3. The van der Waals surface area contributed by atoms with Crippen LogP contribution in [-0.4, -0.2) is 72.0 Å². The molecule has 3 N–H and O–H groups in total. The van der Waals surface area contributed by atoms with E-state index < -0.39 is 0 Å². The molecular weight excluding hydrogens is 348 g/mol. The number of nitrogens with zero attached hydrogens (tertiary/aromatic N) is 2. The van der Waals surface area contributed by atoms with Crippen molar-refractivity contribution in [2.75, 3.05) is 27.2 Å². The van der Waals surface area contributed by atoms with E-state index in [4.69, 9.17) is 0 Å². The van der Waals surface area contributed by atoms with E-state index in [0.717, 1.165) is 10.5 Å². The summed E-state index contributed by atoms with van der Waals surface area (Å²) in [5.41, 5.74) is 1.06. The predicted octanol–water partition coefficient (Wildman–Crippen LogP) is 0.478. The minimum atomic E-state index is -0.368. The molecule has 1 aliphatic heterocycles. The van der Waals surface area contributed by atoms with E-state index in [1.165, 1.54) is 12.2 Å². The maximum atomic E-state index is 12.1. The number of rotatable bonds is 8. The molecule has 4 amide bonds. The molecule has 0 spiro atoms. The molecule has 0 saturated heterocycles. The van der Waals surface area contributed by atoms with Gasteiger partial charge in [-0.3, -0.25) is 14.5 Å². The highest BCUT2D eigenvalue weighted by Crippen LogP contribution is 2.12. The third kappa shape index (κ3) is 6.10. The van der Waals surface area contributed by atoms with Crippen molar-refractivity contribution in [2.45, 2.75) is 25.4 Å². The van der Waals surface area contributed by atoms with Crippen molar-refractivity contribution in [3.8, 4) is 5.75 Å². The lowest BCUT2D eigenvalue weighted by atomic mass is 10.1. The zero-order valence-corrected chi connectivity index (χ0v) is 15.8. The zero-order chi connectivity index (χ0) is 20.0. The number of carbonyl (C=O) groups excluding carboxylic acids is 3. The topological polar surface area (TPSA) is 102 Å². The van der Waals surface area contributed by atoms with Gasteiger partial charge in [0.05, 0.1) is 0 Å². The maximum absolute atomic E-state index is 12.1. The van der Waals surface area contributed by atoms with E-state index in [0.29, 0.717) is 13.0 Å². The lowest BCUT2D eigenvalue weighted by Gasteiger charge is -2.26. The van der Waals surface area contributed by atoms with E-state index in [9.17, 15) is 19.5 Å². The largest absolute Gasteiger partial charge is 0.508 e. The number of phenolic OH excluding ortho intramolecular Hbond substituents is 1. The molecule has 1 aliphatic rings. The number of carbonyl (C=O) groups is 3. The van der Waals surface area contributed by atoms with Crippen LogP contribution in [0.2, 0.25) is 0 Å². The summed E-state index contributed by atoms with van der Waals surface area (Å²) >= 11 is 0. The summed E-state index contributed by atoms with van der Waals surface area (Å²) in [4.78, 5) is 38.4. The first-order valence-corrected chi connectivity index (χ1v) is 8.78. The van der Waals surface area contributed by atoms with E-state index in [1.807, 2.05) is 31.1 Å². The Morgan fingerprint density at radius 1 is 1.15 bits per heavy atom. The standard InChI is InChI=1S/C19H26N4O4/c1-13(12-23-17(25)8-9-18(23)26)21-19(27)20-11-15(22(2)3)10-14-4-6-16(24)7-5-14/h4-9,13,15,24H,10-12H2,1-3H3,(H2,20,21,27)/t13-,15+/m1/s1. The molecule has 1 aromatic carbocycles. The average Bonchev–Trinajstić information content (AvgIpc) is 2.91. The zero-order valence-electron chi connectivity index (χ0n) is 15.8. The van der Waals surface area contributed by atoms with Crippen LogP contribution < -0.4 is 10.6 Å². The van der Waals surface area contributed by atoms with Crippen LogP contribution >= 0.6 is 0 Å². The SMILES string of the molecule is C[C@H](CN1C(=O)C=CC1=O)NC(=O)NC[C@H](Cc1ccc(O)cc1)N(C)C. The summed E-state index contributed by atoms with van der Waals surface area (Å²) < 4.78 is 0. The number of amides is 4. The molecular formula is C19H26N4O4. The quantitative estimate of drug-likeness (QED) is 0.575. The Bertz CT molecular complexity index is 697. The number of phenols is 1. The smallest absolute Gasteiger partial charge is 0.315 e. The number of aromatic hydroxyl groups is 1. The number of hydrogen-bond acceptors (Lipinski definition) is 5. The van der Waals surface area contributed by atoms with Crippen molar-refractivity contribution < 1.29 is 19.5 Å². The van der Waals surface area contributed by atoms with Gasteiger partial charge in [-0.1, -0.05) is 12.1 Å². The molecule has 146 valence electrons. The fourth-order valence-electron chi connectivity index (χ4n) is 2.76. The summed E-state index contributed by atoms with van der Waals surface area (Å²) in [5.74, 6) is -0.511. The van der Waals surface area contributed by atoms with Crippen molar-refractivity contribution in [1.82, 2.24) is 20.4 Å². The number of likely N-dealkylation sites (N-methyl/N-ethyl adjacent to an activating group) is 1. The van der Waals surface area contributed by atoms with E-state index in [2.05, 4.69) is 10.6 Å². The molecule has 0 bridgehead atoms. The number of nitrogens with one attached hydrogen (secondary N) is 2. The Balaban J connectivity index is 1.80. The predicted molar refractivity (Wildman–Crippen MR) is 101 cm³/mol. The van der Waals surface area contributed by atoms with Gasteiger partial charge in [0.2, 0.25) is 0 Å². The lowest BCUT2D eigenvalue weighted by Crippen LogP contribution is -2.50. The highest BCUT2D eigenvalue weighted by Gasteiger charge is 2.25. The normalized spacial score (nSPS) is 15.9. The van der Waals surface area contributed by atoms with Crippen molar-refractivity contribution in [1.29, 1.82) is 0 Å². The molecule has 0 aliphatic carbocycles. The van der Waals surface area contributed by atoms with Gasteiger partial charge in [0.25, 0.3) is 11.8 Å². The fourth-order valence-corrected chi connectivity index (χ4v) is 2.76. The van der Waals surface area contributed by atoms with Gasteiger partial charge < -0.3 is 20.6 Å². The molecule has 0 radical (unpaired) electrons. The Hall–Kier alpha value is -2.87. The first-order chi connectivity index (χ1) is 12.8. The molecule has 0 aromatic heterocycles. The molecule has 27 heavy (non-hydrogen) atoms.